The molecule has 2 nitrogen and oxygen atoms in total. The van der Waals surface area contributed by atoms with Gasteiger partial charge in [-0.05, 0) is 100 Å². The van der Waals surface area contributed by atoms with Crippen LogP contribution in [-0.2, 0) is 11.8 Å². The van der Waals surface area contributed by atoms with Gasteiger partial charge in [-0.3, -0.25) is 0 Å². The Bertz CT molecular complexity index is 2850. The van der Waals surface area contributed by atoms with E-state index in [1.807, 2.05) is 0 Å². The van der Waals surface area contributed by atoms with Crippen LogP contribution >= 0.6 is 0 Å². The van der Waals surface area contributed by atoms with Crippen molar-refractivity contribution in [1.29, 1.82) is 0 Å². The van der Waals surface area contributed by atoms with Gasteiger partial charge in [0.25, 0.3) is 0 Å². The quantitative estimate of drug-likeness (QED) is 0.138. The zero-order valence-electron chi connectivity index (χ0n) is 31.6. The van der Waals surface area contributed by atoms with E-state index in [0.29, 0.717) is 0 Å². The lowest BCUT2D eigenvalue weighted by Gasteiger charge is -2.35. The van der Waals surface area contributed by atoms with Crippen LogP contribution in [0.2, 0.25) is 0 Å². The maximum atomic E-state index is 2.55. The highest BCUT2D eigenvalue weighted by Gasteiger charge is 2.46. The molecule has 2 aromatic heterocycles. The summed E-state index contributed by atoms with van der Waals surface area (Å²) in [6.45, 7) is 2.29. The Morgan fingerprint density at radius 2 is 0.857 bits per heavy atom. The van der Waals surface area contributed by atoms with Gasteiger partial charge >= 0.3 is 0 Å². The molecule has 0 N–H and O–H groups in total. The predicted octanol–water partition coefficient (Wildman–Crippen LogP) is 14.0. The number of aromatic nitrogens is 2. The molecular weight excluding hydrogens is 677 g/mol. The van der Waals surface area contributed by atoms with Crippen molar-refractivity contribution in [2.45, 2.75) is 38.0 Å². The molecule has 0 saturated heterocycles. The molecule has 0 spiro atoms. The first kappa shape index (κ1) is 32.8. The summed E-state index contributed by atoms with van der Waals surface area (Å²) in [5.74, 6) is 0. The SMILES string of the molecule is CCCCCc1ccc2c(c1)C(c1cccc(-n3c4ccccc4c4ccccc43)c1)(c1cccc(-n3c4ccccc4c4ccccc43)c1)c1ccccc1-2. The second kappa shape index (κ2) is 13.0. The third-order valence-electron chi connectivity index (χ3n) is 12.4. The minimum Gasteiger partial charge on any atom is -0.309 e. The van der Waals surface area contributed by atoms with Gasteiger partial charge in [-0.15, -0.1) is 0 Å². The molecule has 1 aliphatic rings. The van der Waals surface area contributed by atoms with Crippen molar-refractivity contribution in [2.24, 2.45) is 0 Å². The van der Waals surface area contributed by atoms with Crippen LogP contribution in [0.15, 0.2) is 188 Å². The molecule has 0 aliphatic heterocycles. The summed E-state index contributed by atoms with van der Waals surface area (Å²) in [7, 11) is 0. The van der Waals surface area contributed by atoms with E-state index in [1.54, 1.807) is 0 Å². The molecule has 10 aromatic rings. The first-order valence-corrected chi connectivity index (χ1v) is 20.2. The maximum absolute atomic E-state index is 2.55. The second-order valence-electron chi connectivity index (χ2n) is 15.5. The number of aryl methyl sites for hydroxylation is 1. The molecule has 11 rings (SSSR count). The summed E-state index contributed by atoms with van der Waals surface area (Å²) in [5.41, 5.74) is 16.0. The van der Waals surface area contributed by atoms with Crippen molar-refractivity contribution in [3.63, 3.8) is 0 Å². The highest BCUT2D eigenvalue weighted by molar-refractivity contribution is 6.10. The molecule has 268 valence electrons. The van der Waals surface area contributed by atoms with E-state index in [-0.39, 0.29) is 0 Å². The number of fused-ring (bicyclic) bond motifs is 9. The van der Waals surface area contributed by atoms with Gasteiger partial charge in [0.1, 0.15) is 0 Å². The van der Waals surface area contributed by atoms with Gasteiger partial charge in [-0.1, -0.05) is 159 Å². The Labute approximate surface area is 327 Å². The lowest BCUT2D eigenvalue weighted by atomic mass is 9.67. The van der Waals surface area contributed by atoms with Crippen LogP contribution in [0.5, 0.6) is 0 Å². The number of hydrogen-bond acceptors (Lipinski definition) is 0. The number of nitrogens with zero attached hydrogens (tertiary/aromatic N) is 2. The Hall–Kier alpha value is -6.64. The minimum absolute atomic E-state index is 0.559. The molecule has 2 heterocycles. The number of rotatable bonds is 8. The Balaban J connectivity index is 1.22. The standard InChI is InChI=1S/C54H42N2/c1-2-3-4-17-37-32-33-43-42-22-5-10-27-48(42)54(49(43)34-37,38-18-15-20-40(35-38)55-50-28-11-6-23-44(50)45-24-7-12-29-51(45)55)39-19-16-21-41(36-39)56-52-30-13-8-25-46(52)47-26-9-14-31-53(47)56/h5-16,18-36H,2-4,17H2,1H3. The topological polar surface area (TPSA) is 9.86 Å². The second-order valence-corrected chi connectivity index (χ2v) is 15.5. The number of para-hydroxylation sites is 4. The third kappa shape index (κ3) is 4.75. The smallest absolute Gasteiger partial charge is 0.0715 e. The van der Waals surface area contributed by atoms with Crippen molar-refractivity contribution in [3.05, 3.63) is 216 Å². The van der Waals surface area contributed by atoms with Gasteiger partial charge in [-0.2, -0.15) is 0 Å². The average molecular weight is 719 g/mol. The lowest BCUT2D eigenvalue weighted by molar-refractivity contribution is 0.714. The molecule has 0 radical (unpaired) electrons. The summed E-state index contributed by atoms with van der Waals surface area (Å²) >= 11 is 0. The Morgan fingerprint density at radius 1 is 0.393 bits per heavy atom. The van der Waals surface area contributed by atoms with Crippen LogP contribution in [0.25, 0.3) is 66.1 Å². The predicted molar refractivity (Wildman–Crippen MR) is 236 cm³/mol. The molecule has 0 fully saturated rings. The van der Waals surface area contributed by atoms with Gasteiger partial charge in [0.05, 0.1) is 27.5 Å². The fraction of sp³-hybridized carbons (Fsp3) is 0.111. The van der Waals surface area contributed by atoms with Crippen LogP contribution < -0.4 is 0 Å². The lowest BCUT2D eigenvalue weighted by Crippen LogP contribution is -2.29. The minimum atomic E-state index is -0.559. The maximum Gasteiger partial charge on any atom is 0.0715 e. The molecule has 0 unspecified atom stereocenters. The van der Waals surface area contributed by atoms with Gasteiger partial charge in [0.2, 0.25) is 0 Å². The summed E-state index contributed by atoms with van der Waals surface area (Å²) in [5, 5.41) is 5.09. The van der Waals surface area contributed by atoms with E-state index >= 15 is 0 Å². The molecule has 0 atom stereocenters. The largest absolute Gasteiger partial charge is 0.309 e. The van der Waals surface area contributed by atoms with Crippen molar-refractivity contribution in [3.8, 4) is 22.5 Å². The van der Waals surface area contributed by atoms with Crippen LogP contribution in [0, 0.1) is 0 Å². The van der Waals surface area contributed by atoms with Crippen LogP contribution in [0.3, 0.4) is 0 Å². The fourth-order valence-electron chi connectivity index (χ4n) is 10.0. The zero-order chi connectivity index (χ0) is 37.2. The monoisotopic (exact) mass is 718 g/mol. The van der Waals surface area contributed by atoms with Crippen LogP contribution in [-0.4, -0.2) is 9.13 Å². The van der Waals surface area contributed by atoms with Gasteiger partial charge in [0.15, 0.2) is 0 Å². The summed E-state index contributed by atoms with van der Waals surface area (Å²) in [6, 6.07) is 70.6. The molecule has 0 saturated carbocycles. The molecule has 0 amide bonds. The van der Waals surface area contributed by atoms with Gasteiger partial charge in [0, 0.05) is 32.9 Å². The van der Waals surface area contributed by atoms with Crippen LogP contribution in [0.1, 0.15) is 54.0 Å². The van der Waals surface area contributed by atoms with Crippen molar-refractivity contribution >= 4 is 43.6 Å². The molecule has 2 heteroatoms. The number of hydrogen-bond donors (Lipinski definition) is 0. The van der Waals surface area contributed by atoms with E-state index in [4.69, 9.17) is 0 Å². The highest BCUT2D eigenvalue weighted by atomic mass is 15.0. The number of benzene rings is 8. The first-order chi connectivity index (χ1) is 27.8. The average Bonchev–Trinajstić information content (AvgIpc) is 3.88. The highest BCUT2D eigenvalue weighted by Crippen LogP contribution is 2.57. The molecule has 0 bridgehead atoms. The van der Waals surface area contributed by atoms with Gasteiger partial charge < -0.3 is 9.13 Å². The van der Waals surface area contributed by atoms with Gasteiger partial charge in [-0.25, -0.2) is 0 Å². The molecule has 1 aliphatic carbocycles. The molecule has 56 heavy (non-hydrogen) atoms. The third-order valence-corrected chi connectivity index (χ3v) is 12.4. The Morgan fingerprint density at radius 3 is 1.38 bits per heavy atom. The Kier molecular flexibility index (Phi) is 7.60. The fourth-order valence-corrected chi connectivity index (χ4v) is 10.0. The molecule has 8 aromatic carbocycles. The van der Waals surface area contributed by atoms with Crippen molar-refractivity contribution in [2.75, 3.05) is 0 Å². The number of unbranched alkanes of at least 4 members (excludes halogenated alkanes) is 2. The van der Waals surface area contributed by atoms with E-state index in [9.17, 15) is 0 Å². The van der Waals surface area contributed by atoms with E-state index in [1.165, 1.54) is 113 Å². The van der Waals surface area contributed by atoms with E-state index < -0.39 is 5.41 Å². The summed E-state index contributed by atoms with van der Waals surface area (Å²) < 4.78 is 4.92. The van der Waals surface area contributed by atoms with Crippen molar-refractivity contribution < 1.29 is 0 Å². The first-order valence-electron chi connectivity index (χ1n) is 20.2. The van der Waals surface area contributed by atoms with Crippen LogP contribution in [0.4, 0.5) is 0 Å². The van der Waals surface area contributed by atoms with Crippen molar-refractivity contribution in [1.82, 2.24) is 9.13 Å². The summed E-state index contributed by atoms with van der Waals surface area (Å²) in [6.07, 6.45) is 4.73. The molecular formula is C54H42N2. The summed E-state index contributed by atoms with van der Waals surface area (Å²) in [4.78, 5) is 0. The normalized spacial score (nSPS) is 13.2. The zero-order valence-corrected chi connectivity index (χ0v) is 31.6. The van der Waals surface area contributed by atoms with E-state index in [0.717, 1.165) is 6.42 Å². The van der Waals surface area contributed by atoms with E-state index in [2.05, 4.69) is 204 Å².